The first-order valence-electron chi connectivity index (χ1n) is 11.1. The lowest BCUT2D eigenvalue weighted by Gasteiger charge is -2.28. The van der Waals surface area contributed by atoms with Gasteiger partial charge in [0.1, 0.15) is 11.4 Å². The average molecular weight is 486 g/mol. The van der Waals surface area contributed by atoms with Crippen molar-refractivity contribution >= 4 is 11.8 Å². The van der Waals surface area contributed by atoms with Crippen molar-refractivity contribution in [3.05, 3.63) is 77.1 Å². The molecule has 0 unspecified atom stereocenters. The number of halogens is 3. The Morgan fingerprint density at radius 3 is 2.43 bits per heavy atom. The zero-order chi connectivity index (χ0) is 25.2. The molecule has 2 amide bonds. The Morgan fingerprint density at radius 1 is 1.11 bits per heavy atom. The van der Waals surface area contributed by atoms with Gasteiger partial charge in [0.2, 0.25) is 5.91 Å². The maximum atomic E-state index is 13.7. The number of methoxy groups -OCH3 is 1. The van der Waals surface area contributed by atoms with Crippen LogP contribution >= 0.6 is 0 Å². The predicted octanol–water partition coefficient (Wildman–Crippen LogP) is 3.95. The number of ether oxygens (including phenoxy) is 1. The Bertz CT molecular complexity index is 1210. The van der Waals surface area contributed by atoms with E-state index in [0.717, 1.165) is 10.2 Å². The molecular formula is C25H25F3N4O3. The second-order valence-electron chi connectivity index (χ2n) is 8.31. The number of aromatic nitrogens is 2. The number of carbonyl (C=O) groups is 2. The molecule has 3 aromatic rings. The first kappa shape index (κ1) is 24.3. The fourth-order valence-electron chi connectivity index (χ4n) is 4.12. The topological polar surface area (TPSA) is 67.7 Å². The van der Waals surface area contributed by atoms with Crippen molar-refractivity contribution in [1.29, 1.82) is 0 Å². The van der Waals surface area contributed by atoms with E-state index in [0.29, 0.717) is 18.0 Å². The molecule has 4 rings (SSSR count). The smallest absolute Gasteiger partial charge is 0.435 e. The second kappa shape index (κ2) is 9.81. The van der Waals surface area contributed by atoms with Gasteiger partial charge >= 0.3 is 6.18 Å². The number of alkyl halides is 3. The number of hydrogen-bond donors (Lipinski definition) is 0. The lowest BCUT2D eigenvalue weighted by Crippen LogP contribution is -2.41. The lowest BCUT2D eigenvalue weighted by molar-refractivity contribution is -0.142. The van der Waals surface area contributed by atoms with Crippen molar-refractivity contribution in [2.24, 2.45) is 0 Å². The molecule has 2 aromatic carbocycles. The standard InChI is InChI=1S/C25H25F3N4O3/c1-30(16-17-6-4-3-5-7-17)21(33)13-15-31-14-12-20-22(24(31)34)32(29-23(20)25(26,27)28)18-8-10-19(35-2)11-9-18/h3-11H,12-16H2,1-2H3. The Kier molecular flexibility index (Phi) is 6.81. The molecule has 1 aromatic heterocycles. The number of fused-ring (bicyclic) bond motifs is 1. The second-order valence-corrected chi connectivity index (χ2v) is 8.31. The molecule has 0 atom stereocenters. The Hall–Kier alpha value is -3.82. The van der Waals surface area contributed by atoms with E-state index in [-0.39, 0.29) is 43.1 Å². The predicted molar refractivity (Wildman–Crippen MR) is 122 cm³/mol. The molecule has 35 heavy (non-hydrogen) atoms. The van der Waals surface area contributed by atoms with Crippen LogP contribution in [0.1, 0.15) is 33.7 Å². The van der Waals surface area contributed by atoms with E-state index in [4.69, 9.17) is 4.74 Å². The minimum Gasteiger partial charge on any atom is -0.497 e. The molecule has 0 spiro atoms. The van der Waals surface area contributed by atoms with E-state index in [1.54, 1.807) is 36.2 Å². The molecule has 10 heteroatoms. The molecule has 0 saturated carbocycles. The van der Waals surface area contributed by atoms with Crippen molar-refractivity contribution in [3.8, 4) is 11.4 Å². The fourth-order valence-corrected chi connectivity index (χ4v) is 4.12. The third-order valence-corrected chi connectivity index (χ3v) is 5.97. The van der Waals surface area contributed by atoms with Crippen molar-refractivity contribution in [2.45, 2.75) is 25.6 Å². The maximum Gasteiger partial charge on any atom is 0.435 e. The normalized spacial score (nSPS) is 13.5. The third-order valence-electron chi connectivity index (χ3n) is 5.97. The van der Waals surface area contributed by atoms with Gasteiger partial charge in [0, 0.05) is 38.7 Å². The Balaban J connectivity index is 1.54. The molecule has 0 saturated heterocycles. The largest absolute Gasteiger partial charge is 0.497 e. The fraction of sp³-hybridized carbons (Fsp3) is 0.320. The average Bonchev–Trinajstić information content (AvgIpc) is 3.25. The first-order valence-corrected chi connectivity index (χ1v) is 11.1. The van der Waals surface area contributed by atoms with Gasteiger partial charge in [-0.3, -0.25) is 9.59 Å². The lowest BCUT2D eigenvalue weighted by atomic mass is 10.0. The molecule has 0 N–H and O–H groups in total. The highest BCUT2D eigenvalue weighted by Gasteiger charge is 2.43. The molecule has 1 aliphatic heterocycles. The molecule has 7 nitrogen and oxygen atoms in total. The van der Waals surface area contributed by atoms with Crippen LogP contribution in [0.25, 0.3) is 5.69 Å². The minimum atomic E-state index is -4.69. The minimum absolute atomic E-state index is 0.000116. The molecule has 0 fully saturated rings. The van der Waals surface area contributed by atoms with E-state index in [9.17, 15) is 22.8 Å². The monoisotopic (exact) mass is 486 g/mol. The molecular weight excluding hydrogens is 461 g/mol. The van der Waals surface area contributed by atoms with Crippen molar-refractivity contribution in [3.63, 3.8) is 0 Å². The van der Waals surface area contributed by atoms with Crippen LogP contribution in [-0.4, -0.2) is 58.6 Å². The summed E-state index contributed by atoms with van der Waals surface area (Å²) in [4.78, 5) is 28.9. The summed E-state index contributed by atoms with van der Waals surface area (Å²) >= 11 is 0. The zero-order valence-corrected chi connectivity index (χ0v) is 19.4. The van der Waals surface area contributed by atoms with Gasteiger partial charge in [-0.25, -0.2) is 4.68 Å². The number of benzene rings is 2. The van der Waals surface area contributed by atoms with Crippen LogP contribution in [0, 0.1) is 0 Å². The number of amides is 2. The molecule has 0 aliphatic carbocycles. The van der Waals surface area contributed by atoms with Crippen LogP contribution in [0.4, 0.5) is 13.2 Å². The van der Waals surface area contributed by atoms with Gasteiger partial charge in [-0.05, 0) is 36.2 Å². The summed E-state index contributed by atoms with van der Waals surface area (Å²) < 4.78 is 47.2. The van der Waals surface area contributed by atoms with Crippen LogP contribution < -0.4 is 4.74 Å². The maximum absolute atomic E-state index is 13.7. The summed E-state index contributed by atoms with van der Waals surface area (Å²) in [5, 5.41) is 3.77. The van der Waals surface area contributed by atoms with Gasteiger partial charge in [0.05, 0.1) is 12.8 Å². The summed E-state index contributed by atoms with van der Waals surface area (Å²) in [7, 11) is 3.16. The quantitative estimate of drug-likeness (QED) is 0.507. The molecule has 184 valence electrons. The van der Waals surface area contributed by atoms with Gasteiger partial charge in [-0.1, -0.05) is 30.3 Å². The molecule has 1 aliphatic rings. The Morgan fingerprint density at radius 2 is 1.80 bits per heavy atom. The van der Waals surface area contributed by atoms with Crippen LogP contribution in [0.3, 0.4) is 0 Å². The summed E-state index contributed by atoms with van der Waals surface area (Å²) in [5.74, 6) is -0.215. The number of carbonyl (C=O) groups excluding carboxylic acids is 2. The third kappa shape index (κ3) is 5.16. The highest BCUT2D eigenvalue weighted by molar-refractivity contribution is 5.96. The van der Waals surface area contributed by atoms with Gasteiger partial charge in [-0.2, -0.15) is 18.3 Å². The highest BCUT2D eigenvalue weighted by Crippen LogP contribution is 2.36. The van der Waals surface area contributed by atoms with E-state index >= 15 is 0 Å². The molecule has 0 bridgehead atoms. The zero-order valence-electron chi connectivity index (χ0n) is 19.4. The number of nitrogens with zero attached hydrogens (tertiary/aromatic N) is 4. The first-order chi connectivity index (χ1) is 16.7. The summed E-state index contributed by atoms with van der Waals surface area (Å²) in [5.41, 5.74) is -0.0209. The van der Waals surface area contributed by atoms with Crippen LogP contribution in [-0.2, 0) is 23.9 Å². The van der Waals surface area contributed by atoms with Gasteiger partial charge in [0.25, 0.3) is 5.91 Å². The number of rotatable bonds is 7. The van der Waals surface area contributed by atoms with Crippen LogP contribution in [0.5, 0.6) is 5.75 Å². The van der Waals surface area contributed by atoms with Gasteiger partial charge in [-0.15, -0.1) is 0 Å². The summed E-state index contributed by atoms with van der Waals surface area (Å²) in [6.45, 7) is 0.612. The van der Waals surface area contributed by atoms with Crippen LogP contribution in [0.15, 0.2) is 54.6 Å². The van der Waals surface area contributed by atoms with Crippen molar-refractivity contribution in [2.75, 3.05) is 27.2 Å². The number of hydrogen-bond acceptors (Lipinski definition) is 4. The van der Waals surface area contributed by atoms with Crippen molar-refractivity contribution in [1.82, 2.24) is 19.6 Å². The van der Waals surface area contributed by atoms with Crippen LogP contribution in [0.2, 0.25) is 0 Å². The van der Waals surface area contributed by atoms with E-state index < -0.39 is 17.8 Å². The SMILES string of the molecule is COc1ccc(-n2nc(C(F)(F)F)c3c2C(=O)N(CCC(=O)N(C)Cc2ccccc2)CC3)cc1. The van der Waals surface area contributed by atoms with E-state index in [1.807, 2.05) is 30.3 Å². The van der Waals surface area contributed by atoms with Gasteiger partial charge < -0.3 is 14.5 Å². The Labute approximate surface area is 200 Å². The highest BCUT2D eigenvalue weighted by atomic mass is 19.4. The van der Waals surface area contributed by atoms with Gasteiger partial charge in [0.15, 0.2) is 5.69 Å². The van der Waals surface area contributed by atoms with Crippen molar-refractivity contribution < 1.29 is 27.5 Å². The summed E-state index contributed by atoms with van der Waals surface area (Å²) in [6.07, 6.45) is -4.63. The molecule has 0 radical (unpaired) electrons. The molecule has 2 heterocycles. The van der Waals surface area contributed by atoms with E-state index in [1.165, 1.54) is 12.0 Å². The summed E-state index contributed by atoms with van der Waals surface area (Å²) in [6, 6.07) is 15.8. The van der Waals surface area contributed by atoms with E-state index in [2.05, 4.69) is 5.10 Å².